The fourth-order valence-corrected chi connectivity index (χ4v) is 1.91. The van der Waals surface area contributed by atoms with Crippen molar-refractivity contribution >= 4 is 17.5 Å². The van der Waals surface area contributed by atoms with Crippen LogP contribution in [0.25, 0.3) is 11.3 Å². The molecule has 0 spiro atoms. The molecule has 1 amide bonds. The highest BCUT2D eigenvalue weighted by Crippen LogP contribution is 2.29. The van der Waals surface area contributed by atoms with E-state index in [0.29, 0.717) is 17.3 Å². The Balaban J connectivity index is 2.22. The smallest absolute Gasteiger partial charge is 0.287 e. The molecule has 1 aromatic carbocycles. The largest absolute Gasteiger partial charge is 0.451 e. The van der Waals surface area contributed by atoms with Crippen molar-refractivity contribution in [3.63, 3.8) is 0 Å². The van der Waals surface area contributed by atoms with Gasteiger partial charge < -0.3 is 15.5 Å². The minimum absolute atomic E-state index is 0.237. The molecule has 0 saturated carbocycles. The number of amides is 1. The molecule has 2 rings (SSSR count). The van der Waals surface area contributed by atoms with Crippen LogP contribution in [0.4, 0.5) is 0 Å². The van der Waals surface area contributed by atoms with Crippen molar-refractivity contribution in [2.45, 2.75) is 19.4 Å². The van der Waals surface area contributed by atoms with E-state index in [1.54, 1.807) is 18.2 Å². The first-order valence-electron chi connectivity index (χ1n) is 6.30. The lowest BCUT2D eigenvalue weighted by Crippen LogP contribution is -2.48. The van der Waals surface area contributed by atoms with E-state index in [4.69, 9.17) is 21.8 Å². The van der Waals surface area contributed by atoms with Crippen molar-refractivity contribution in [1.29, 1.82) is 0 Å². The van der Waals surface area contributed by atoms with Crippen LogP contribution in [0.5, 0.6) is 0 Å². The first-order valence-corrected chi connectivity index (χ1v) is 6.68. The number of halogens is 1. The summed E-state index contributed by atoms with van der Waals surface area (Å²) in [4.78, 5) is 12.1. The Morgan fingerprint density at radius 1 is 1.30 bits per heavy atom. The van der Waals surface area contributed by atoms with Gasteiger partial charge in [0.25, 0.3) is 5.91 Å². The molecular formula is C15H17ClN2O2. The molecule has 2 aromatic rings. The van der Waals surface area contributed by atoms with Crippen molar-refractivity contribution in [2.24, 2.45) is 5.73 Å². The summed E-state index contributed by atoms with van der Waals surface area (Å²) in [6.45, 7) is 4.04. The minimum Gasteiger partial charge on any atom is -0.451 e. The molecule has 0 aliphatic carbocycles. The molecular weight excluding hydrogens is 276 g/mol. The second kappa shape index (κ2) is 5.69. The summed E-state index contributed by atoms with van der Waals surface area (Å²) >= 11 is 6.10. The Morgan fingerprint density at radius 2 is 2.00 bits per heavy atom. The molecule has 3 N–H and O–H groups in total. The highest BCUT2D eigenvalue weighted by Gasteiger charge is 2.21. The number of hydrogen-bond donors (Lipinski definition) is 2. The van der Waals surface area contributed by atoms with Gasteiger partial charge >= 0.3 is 0 Å². The van der Waals surface area contributed by atoms with E-state index in [1.165, 1.54) is 0 Å². The van der Waals surface area contributed by atoms with Crippen LogP contribution >= 0.6 is 11.6 Å². The van der Waals surface area contributed by atoms with E-state index < -0.39 is 5.54 Å². The Hall–Kier alpha value is -1.78. The van der Waals surface area contributed by atoms with Crippen LogP contribution in [0.2, 0.25) is 5.02 Å². The minimum atomic E-state index is -0.478. The molecule has 1 heterocycles. The van der Waals surface area contributed by atoms with E-state index in [9.17, 15) is 4.79 Å². The Kier molecular flexibility index (Phi) is 4.16. The van der Waals surface area contributed by atoms with Crippen LogP contribution in [0.3, 0.4) is 0 Å². The summed E-state index contributed by atoms with van der Waals surface area (Å²) in [7, 11) is 0. The summed E-state index contributed by atoms with van der Waals surface area (Å²) in [5, 5.41) is 3.39. The molecule has 0 unspecified atom stereocenters. The summed E-state index contributed by atoms with van der Waals surface area (Å²) in [5.41, 5.74) is 5.86. The van der Waals surface area contributed by atoms with Gasteiger partial charge in [-0.25, -0.2) is 0 Å². The number of furan rings is 1. The maximum atomic E-state index is 12.1. The van der Waals surface area contributed by atoms with Crippen LogP contribution < -0.4 is 11.1 Å². The van der Waals surface area contributed by atoms with Gasteiger partial charge in [-0.05, 0) is 38.1 Å². The van der Waals surface area contributed by atoms with E-state index in [0.717, 1.165) is 5.56 Å². The molecule has 20 heavy (non-hydrogen) atoms. The number of rotatable bonds is 4. The number of benzene rings is 1. The Bertz CT molecular complexity index is 620. The normalized spacial score (nSPS) is 11.4. The number of nitrogens with one attached hydrogen (secondary N) is 1. The lowest BCUT2D eigenvalue weighted by molar-refractivity contribution is 0.0888. The summed E-state index contributed by atoms with van der Waals surface area (Å²) in [6.07, 6.45) is 0. The summed E-state index contributed by atoms with van der Waals surface area (Å²) < 4.78 is 5.57. The Labute approximate surface area is 122 Å². The number of carbonyl (C=O) groups excluding carboxylic acids is 1. The van der Waals surface area contributed by atoms with E-state index in [2.05, 4.69) is 5.32 Å². The highest BCUT2D eigenvalue weighted by molar-refractivity contribution is 6.33. The zero-order chi connectivity index (χ0) is 14.8. The first kappa shape index (κ1) is 14.6. The van der Waals surface area contributed by atoms with E-state index in [-0.39, 0.29) is 11.7 Å². The van der Waals surface area contributed by atoms with Gasteiger partial charge in [0.2, 0.25) is 0 Å². The monoisotopic (exact) mass is 292 g/mol. The molecule has 0 saturated heterocycles. The summed E-state index contributed by atoms with van der Waals surface area (Å²) in [6, 6.07) is 10.7. The van der Waals surface area contributed by atoms with Crippen molar-refractivity contribution < 1.29 is 9.21 Å². The lowest BCUT2D eigenvalue weighted by Gasteiger charge is -2.23. The molecule has 0 atom stereocenters. The van der Waals surface area contributed by atoms with Crippen molar-refractivity contribution in [1.82, 2.24) is 5.32 Å². The SMILES string of the molecule is CC(C)(CN)NC(=O)c1ccc(-c2ccccc2Cl)o1. The average Bonchev–Trinajstić information content (AvgIpc) is 2.88. The second-order valence-corrected chi connectivity index (χ2v) is 5.59. The fourth-order valence-electron chi connectivity index (χ4n) is 1.69. The predicted octanol–water partition coefficient (Wildman–Crippen LogP) is 3.07. The summed E-state index contributed by atoms with van der Waals surface area (Å²) in [5.74, 6) is 0.506. The van der Waals surface area contributed by atoms with Gasteiger partial charge in [-0.1, -0.05) is 23.7 Å². The molecule has 0 bridgehead atoms. The molecule has 4 nitrogen and oxygen atoms in total. The maximum Gasteiger partial charge on any atom is 0.287 e. The van der Waals surface area contributed by atoms with Crippen LogP contribution in [-0.2, 0) is 0 Å². The zero-order valence-corrected chi connectivity index (χ0v) is 12.2. The molecule has 106 valence electrons. The Morgan fingerprint density at radius 3 is 2.65 bits per heavy atom. The first-order chi connectivity index (χ1) is 9.43. The fraction of sp³-hybridized carbons (Fsp3) is 0.267. The topological polar surface area (TPSA) is 68.3 Å². The third kappa shape index (κ3) is 3.21. The molecule has 0 aliphatic rings. The lowest BCUT2D eigenvalue weighted by atomic mass is 10.1. The van der Waals surface area contributed by atoms with Gasteiger partial charge in [0.05, 0.1) is 5.02 Å². The van der Waals surface area contributed by atoms with Gasteiger partial charge in [0.1, 0.15) is 5.76 Å². The van der Waals surface area contributed by atoms with E-state index in [1.807, 2.05) is 32.0 Å². The van der Waals surface area contributed by atoms with Crippen molar-refractivity contribution in [3.8, 4) is 11.3 Å². The second-order valence-electron chi connectivity index (χ2n) is 5.19. The number of hydrogen-bond acceptors (Lipinski definition) is 3. The average molecular weight is 293 g/mol. The van der Waals surface area contributed by atoms with Gasteiger partial charge in [0.15, 0.2) is 5.76 Å². The van der Waals surface area contributed by atoms with Crippen molar-refractivity contribution in [2.75, 3.05) is 6.54 Å². The van der Waals surface area contributed by atoms with Gasteiger partial charge in [0, 0.05) is 17.6 Å². The predicted molar refractivity (Wildman–Crippen MR) is 79.8 cm³/mol. The zero-order valence-electron chi connectivity index (χ0n) is 11.4. The standard InChI is InChI=1S/C15H17ClN2O2/c1-15(2,9-17)18-14(19)13-8-7-12(20-13)10-5-3-4-6-11(10)16/h3-8H,9,17H2,1-2H3,(H,18,19). The van der Waals surface area contributed by atoms with Gasteiger partial charge in [-0.15, -0.1) is 0 Å². The number of nitrogens with two attached hydrogens (primary N) is 1. The van der Waals surface area contributed by atoms with Gasteiger partial charge in [-0.3, -0.25) is 4.79 Å². The van der Waals surface area contributed by atoms with E-state index >= 15 is 0 Å². The van der Waals surface area contributed by atoms with Crippen LogP contribution in [0, 0.1) is 0 Å². The van der Waals surface area contributed by atoms with Crippen LogP contribution in [0.15, 0.2) is 40.8 Å². The molecule has 0 aliphatic heterocycles. The van der Waals surface area contributed by atoms with Gasteiger partial charge in [-0.2, -0.15) is 0 Å². The quantitative estimate of drug-likeness (QED) is 0.910. The third-order valence-corrected chi connectivity index (χ3v) is 3.26. The van der Waals surface area contributed by atoms with Crippen LogP contribution in [-0.4, -0.2) is 18.0 Å². The van der Waals surface area contributed by atoms with Crippen molar-refractivity contribution in [3.05, 3.63) is 47.2 Å². The van der Waals surface area contributed by atoms with Crippen LogP contribution in [0.1, 0.15) is 24.4 Å². The maximum absolute atomic E-state index is 12.1. The molecule has 0 fully saturated rings. The highest BCUT2D eigenvalue weighted by atomic mass is 35.5. The molecule has 5 heteroatoms. The molecule has 1 aromatic heterocycles. The third-order valence-electron chi connectivity index (χ3n) is 2.93. The molecule has 0 radical (unpaired) electrons. The number of carbonyl (C=O) groups is 1.